The minimum Gasteiger partial charge on any atom is -0.454 e. The van der Waals surface area contributed by atoms with Gasteiger partial charge in [-0.25, -0.2) is 0 Å². The van der Waals surface area contributed by atoms with Crippen molar-refractivity contribution in [2.45, 2.75) is 52.7 Å². The smallest absolute Gasteiger partial charge is 0.287 e. The van der Waals surface area contributed by atoms with Crippen molar-refractivity contribution in [3.63, 3.8) is 0 Å². The summed E-state index contributed by atoms with van der Waals surface area (Å²) < 4.78 is 7.87. The number of nitrogens with one attached hydrogen (secondary N) is 1. The molecule has 1 N–H and O–H groups in total. The minimum absolute atomic E-state index is 0.112. The summed E-state index contributed by atoms with van der Waals surface area (Å²) in [5.74, 6) is 0.899. The molecule has 0 unspecified atom stereocenters. The molecular weight excluding hydrogens is 390 g/mol. The zero-order chi connectivity index (χ0) is 22.2. The average Bonchev–Trinajstić information content (AvgIpc) is 3.43. The second-order valence-electron chi connectivity index (χ2n) is 7.67. The van der Waals surface area contributed by atoms with E-state index < -0.39 is 0 Å². The van der Waals surface area contributed by atoms with Gasteiger partial charge in [0.15, 0.2) is 5.76 Å². The predicted octanol–water partition coefficient (Wildman–Crippen LogP) is 4.77. The van der Waals surface area contributed by atoms with Crippen molar-refractivity contribution in [1.82, 2.24) is 14.8 Å². The van der Waals surface area contributed by atoms with Gasteiger partial charge < -0.3 is 19.2 Å². The van der Waals surface area contributed by atoms with Crippen LogP contribution >= 0.6 is 0 Å². The molecule has 0 saturated carbocycles. The number of rotatable bonds is 10. The van der Waals surface area contributed by atoms with Gasteiger partial charge in [-0.3, -0.25) is 9.59 Å². The van der Waals surface area contributed by atoms with Crippen LogP contribution in [-0.2, 0) is 17.9 Å². The Hall–Kier alpha value is -3.28. The predicted molar refractivity (Wildman–Crippen MR) is 121 cm³/mol. The molecule has 164 valence electrons. The van der Waals surface area contributed by atoms with Gasteiger partial charge >= 0.3 is 0 Å². The fourth-order valence-corrected chi connectivity index (χ4v) is 3.57. The van der Waals surface area contributed by atoms with Crippen LogP contribution in [0.4, 0.5) is 0 Å². The van der Waals surface area contributed by atoms with Crippen LogP contribution in [0.25, 0.3) is 0 Å². The molecule has 31 heavy (non-hydrogen) atoms. The molecule has 6 heteroatoms. The van der Waals surface area contributed by atoms with Crippen molar-refractivity contribution in [2.24, 2.45) is 0 Å². The maximum Gasteiger partial charge on any atom is 0.287 e. The molecule has 0 aliphatic heterocycles. The lowest BCUT2D eigenvalue weighted by atomic mass is 10.1. The Labute approximate surface area is 183 Å². The SMILES string of the molecule is CCCN(Cc1cccn1Cc1ccc(C(=O)N[C@@H](C)c2ccccc2)o1)C(=O)CC. The van der Waals surface area contributed by atoms with E-state index in [0.717, 1.165) is 24.2 Å². The fraction of sp³-hybridized carbons (Fsp3) is 0.360. The summed E-state index contributed by atoms with van der Waals surface area (Å²) in [5, 5.41) is 2.97. The van der Waals surface area contributed by atoms with E-state index in [0.29, 0.717) is 31.0 Å². The third kappa shape index (κ3) is 5.87. The highest BCUT2D eigenvalue weighted by molar-refractivity contribution is 5.91. The third-order valence-electron chi connectivity index (χ3n) is 5.28. The summed E-state index contributed by atoms with van der Waals surface area (Å²) in [6.45, 7) is 7.72. The fourth-order valence-electron chi connectivity index (χ4n) is 3.57. The summed E-state index contributed by atoms with van der Waals surface area (Å²) in [6.07, 6.45) is 3.39. The van der Waals surface area contributed by atoms with Gasteiger partial charge in [-0.05, 0) is 43.2 Å². The van der Waals surface area contributed by atoms with Crippen molar-refractivity contribution < 1.29 is 14.0 Å². The van der Waals surface area contributed by atoms with Crippen molar-refractivity contribution >= 4 is 11.8 Å². The summed E-state index contributed by atoms with van der Waals surface area (Å²) in [7, 11) is 0. The summed E-state index contributed by atoms with van der Waals surface area (Å²) in [4.78, 5) is 26.7. The normalized spacial score (nSPS) is 11.8. The van der Waals surface area contributed by atoms with Crippen LogP contribution in [0.1, 0.15) is 67.2 Å². The Balaban J connectivity index is 1.64. The number of hydrogen-bond acceptors (Lipinski definition) is 3. The number of hydrogen-bond donors (Lipinski definition) is 1. The molecule has 0 aliphatic carbocycles. The topological polar surface area (TPSA) is 67.5 Å². The Bertz CT molecular complexity index is 990. The average molecular weight is 422 g/mol. The first kappa shape index (κ1) is 22.4. The first-order valence-corrected chi connectivity index (χ1v) is 10.9. The molecular formula is C25H31N3O3. The van der Waals surface area contributed by atoms with Crippen LogP contribution in [0.5, 0.6) is 0 Å². The molecule has 2 amide bonds. The van der Waals surface area contributed by atoms with Gasteiger partial charge in [0.05, 0.1) is 19.1 Å². The summed E-state index contributed by atoms with van der Waals surface area (Å²) in [6, 6.07) is 17.2. The highest BCUT2D eigenvalue weighted by Gasteiger charge is 2.17. The Morgan fingerprint density at radius 1 is 1.06 bits per heavy atom. The van der Waals surface area contributed by atoms with Gasteiger partial charge in [-0.1, -0.05) is 44.2 Å². The van der Waals surface area contributed by atoms with E-state index in [1.54, 1.807) is 6.07 Å². The van der Waals surface area contributed by atoms with Crippen molar-refractivity contribution in [1.29, 1.82) is 0 Å². The van der Waals surface area contributed by atoms with E-state index in [9.17, 15) is 9.59 Å². The summed E-state index contributed by atoms with van der Waals surface area (Å²) in [5.41, 5.74) is 2.08. The van der Waals surface area contributed by atoms with Crippen LogP contribution in [0.3, 0.4) is 0 Å². The Morgan fingerprint density at radius 2 is 1.84 bits per heavy atom. The number of furan rings is 1. The molecule has 0 fully saturated rings. The standard InChI is InChI=1S/C25H31N3O3/c1-4-15-28(24(29)5-2)17-21-12-9-16-27(21)18-22-13-14-23(31-22)25(30)26-19(3)20-10-7-6-8-11-20/h6-14,16,19H,4-5,15,17-18H2,1-3H3,(H,26,30)/t19-/m0/s1. The van der Waals surface area contributed by atoms with Gasteiger partial charge in [-0.15, -0.1) is 0 Å². The molecule has 0 bridgehead atoms. The molecule has 2 aromatic heterocycles. The van der Waals surface area contributed by atoms with Crippen LogP contribution in [-0.4, -0.2) is 27.8 Å². The van der Waals surface area contributed by atoms with Gasteiger partial charge in [0.25, 0.3) is 5.91 Å². The first-order chi connectivity index (χ1) is 15.0. The quantitative estimate of drug-likeness (QED) is 0.513. The molecule has 2 heterocycles. The Morgan fingerprint density at radius 3 is 2.55 bits per heavy atom. The zero-order valence-electron chi connectivity index (χ0n) is 18.5. The largest absolute Gasteiger partial charge is 0.454 e. The van der Waals surface area contributed by atoms with Crippen molar-refractivity contribution in [3.8, 4) is 0 Å². The van der Waals surface area contributed by atoms with Gasteiger partial charge in [-0.2, -0.15) is 0 Å². The monoisotopic (exact) mass is 421 g/mol. The van der Waals surface area contributed by atoms with Gasteiger partial charge in [0.1, 0.15) is 5.76 Å². The lowest BCUT2D eigenvalue weighted by molar-refractivity contribution is -0.131. The second-order valence-corrected chi connectivity index (χ2v) is 7.67. The van der Waals surface area contributed by atoms with E-state index in [4.69, 9.17) is 4.42 Å². The van der Waals surface area contributed by atoms with Gasteiger partial charge in [0, 0.05) is 24.9 Å². The minimum atomic E-state index is -0.238. The molecule has 0 aliphatic rings. The molecule has 3 rings (SSSR count). The first-order valence-electron chi connectivity index (χ1n) is 10.9. The van der Waals surface area contributed by atoms with E-state index >= 15 is 0 Å². The van der Waals surface area contributed by atoms with Crippen molar-refractivity contribution in [3.05, 3.63) is 83.6 Å². The van der Waals surface area contributed by atoms with E-state index in [2.05, 4.69) is 16.8 Å². The number of benzene rings is 1. The Kier molecular flexibility index (Phi) is 7.70. The highest BCUT2D eigenvalue weighted by atomic mass is 16.4. The van der Waals surface area contributed by atoms with E-state index in [-0.39, 0.29) is 17.9 Å². The highest BCUT2D eigenvalue weighted by Crippen LogP contribution is 2.16. The number of aromatic nitrogens is 1. The second kappa shape index (κ2) is 10.7. The molecule has 0 radical (unpaired) electrons. The van der Waals surface area contributed by atoms with Crippen LogP contribution in [0, 0.1) is 0 Å². The third-order valence-corrected chi connectivity index (χ3v) is 5.28. The number of nitrogens with zero attached hydrogens (tertiary/aromatic N) is 2. The number of amides is 2. The molecule has 1 atom stereocenters. The molecule has 6 nitrogen and oxygen atoms in total. The maximum atomic E-state index is 12.6. The van der Waals surface area contributed by atoms with E-state index in [1.165, 1.54) is 0 Å². The molecule has 0 saturated heterocycles. The zero-order valence-corrected chi connectivity index (χ0v) is 18.5. The molecule has 3 aromatic rings. The van der Waals surface area contributed by atoms with Gasteiger partial charge in [0.2, 0.25) is 5.91 Å². The maximum absolute atomic E-state index is 12.6. The van der Waals surface area contributed by atoms with Crippen LogP contribution in [0.15, 0.2) is 65.2 Å². The van der Waals surface area contributed by atoms with E-state index in [1.807, 2.05) is 73.5 Å². The molecule has 1 aromatic carbocycles. The van der Waals surface area contributed by atoms with Crippen molar-refractivity contribution in [2.75, 3.05) is 6.54 Å². The number of carbonyl (C=O) groups is 2. The van der Waals surface area contributed by atoms with Crippen LogP contribution in [0.2, 0.25) is 0 Å². The lowest BCUT2D eigenvalue weighted by Crippen LogP contribution is -2.31. The lowest BCUT2D eigenvalue weighted by Gasteiger charge is -2.22. The summed E-state index contributed by atoms with van der Waals surface area (Å²) >= 11 is 0. The number of carbonyl (C=O) groups excluding carboxylic acids is 2. The molecule has 0 spiro atoms. The van der Waals surface area contributed by atoms with Crippen LogP contribution < -0.4 is 5.32 Å².